The SMILES string of the molecule is COCCOCCNc1c([N+](=O)[O-])c(C)nn1C. The van der Waals surface area contributed by atoms with Crippen LogP contribution >= 0.6 is 0 Å². The predicted octanol–water partition coefficient (Wildman–Crippen LogP) is 0.712. The first kappa shape index (κ1) is 14.4. The lowest BCUT2D eigenvalue weighted by Crippen LogP contribution is -2.14. The molecule has 8 nitrogen and oxygen atoms in total. The zero-order chi connectivity index (χ0) is 13.5. The topological polar surface area (TPSA) is 91.4 Å². The Hall–Kier alpha value is -1.67. The number of aryl methyl sites for hydroxylation is 2. The van der Waals surface area contributed by atoms with E-state index in [1.807, 2.05) is 0 Å². The fourth-order valence-electron chi connectivity index (χ4n) is 1.55. The summed E-state index contributed by atoms with van der Waals surface area (Å²) in [6.45, 7) is 3.57. The summed E-state index contributed by atoms with van der Waals surface area (Å²) in [4.78, 5) is 10.5. The van der Waals surface area contributed by atoms with Gasteiger partial charge in [0.2, 0.25) is 5.82 Å². The molecule has 1 N–H and O–H groups in total. The fraction of sp³-hybridized carbons (Fsp3) is 0.700. The first-order valence-corrected chi connectivity index (χ1v) is 5.56. The van der Waals surface area contributed by atoms with Gasteiger partial charge in [-0.2, -0.15) is 5.10 Å². The highest BCUT2D eigenvalue weighted by Gasteiger charge is 2.23. The van der Waals surface area contributed by atoms with E-state index in [-0.39, 0.29) is 5.69 Å². The maximum atomic E-state index is 10.9. The largest absolute Gasteiger partial charge is 0.382 e. The average molecular weight is 258 g/mol. The molecule has 0 aliphatic carbocycles. The lowest BCUT2D eigenvalue weighted by molar-refractivity contribution is -0.384. The van der Waals surface area contributed by atoms with Crippen LogP contribution in [-0.2, 0) is 16.5 Å². The van der Waals surface area contributed by atoms with Gasteiger partial charge < -0.3 is 14.8 Å². The summed E-state index contributed by atoms with van der Waals surface area (Å²) in [7, 11) is 3.26. The van der Waals surface area contributed by atoms with E-state index in [9.17, 15) is 10.1 Å². The second-order valence-corrected chi connectivity index (χ2v) is 3.70. The van der Waals surface area contributed by atoms with Gasteiger partial charge in [0.05, 0.1) is 24.7 Å². The molecular weight excluding hydrogens is 240 g/mol. The summed E-state index contributed by atoms with van der Waals surface area (Å²) in [5, 5.41) is 17.9. The summed E-state index contributed by atoms with van der Waals surface area (Å²) in [5.41, 5.74) is 0.402. The van der Waals surface area contributed by atoms with Gasteiger partial charge >= 0.3 is 5.69 Å². The van der Waals surface area contributed by atoms with E-state index in [0.29, 0.717) is 37.9 Å². The molecule has 0 fully saturated rings. The summed E-state index contributed by atoms with van der Waals surface area (Å²) < 4.78 is 11.5. The molecule has 102 valence electrons. The van der Waals surface area contributed by atoms with E-state index < -0.39 is 4.92 Å². The third kappa shape index (κ3) is 3.67. The van der Waals surface area contributed by atoms with Crippen LogP contribution in [0.2, 0.25) is 0 Å². The second-order valence-electron chi connectivity index (χ2n) is 3.70. The van der Waals surface area contributed by atoms with Crippen molar-refractivity contribution in [2.24, 2.45) is 7.05 Å². The Morgan fingerprint density at radius 2 is 2.17 bits per heavy atom. The normalized spacial score (nSPS) is 10.6. The van der Waals surface area contributed by atoms with Gasteiger partial charge in [0, 0.05) is 20.7 Å². The number of anilines is 1. The number of aromatic nitrogens is 2. The van der Waals surface area contributed by atoms with E-state index in [4.69, 9.17) is 9.47 Å². The molecule has 0 aliphatic rings. The Balaban J connectivity index is 2.49. The molecule has 0 unspecified atom stereocenters. The van der Waals surface area contributed by atoms with Crippen LogP contribution in [0.15, 0.2) is 0 Å². The number of nitro groups is 1. The van der Waals surface area contributed by atoms with Gasteiger partial charge in [-0.25, -0.2) is 4.68 Å². The molecule has 0 amide bonds. The molecule has 1 heterocycles. The summed E-state index contributed by atoms with van der Waals surface area (Å²) in [6, 6.07) is 0. The van der Waals surface area contributed by atoms with Crippen molar-refractivity contribution in [1.29, 1.82) is 0 Å². The average Bonchev–Trinajstić information content (AvgIpc) is 2.58. The molecule has 0 saturated heterocycles. The quantitative estimate of drug-likeness (QED) is 0.419. The highest BCUT2D eigenvalue weighted by molar-refractivity contribution is 5.59. The van der Waals surface area contributed by atoms with Crippen LogP contribution in [0.1, 0.15) is 5.69 Å². The summed E-state index contributed by atoms with van der Waals surface area (Å²) in [6.07, 6.45) is 0. The minimum atomic E-state index is -0.434. The lowest BCUT2D eigenvalue weighted by Gasteiger charge is -2.06. The predicted molar refractivity (Wildman–Crippen MR) is 65.8 cm³/mol. The van der Waals surface area contributed by atoms with E-state index in [0.717, 1.165) is 0 Å². The highest BCUT2D eigenvalue weighted by Crippen LogP contribution is 2.26. The molecule has 0 spiro atoms. The molecule has 1 aromatic rings. The number of methoxy groups -OCH3 is 1. The number of rotatable bonds is 8. The van der Waals surface area contributed by atoms with Gasteiger partial charge in [-0.3, -0.25) is 10.1 Å². The van der Waals surface area contributed by atoms with Crippen molar-refractivity contribution >= 4 is 11.5 Å². The molecule has 8 heteroatoms. The Kier molecular flexibility index (Phi) is 5.53. The Morgan fingerprint density at radius 3 is 2.78 bits per heavy atom. The number of ether oxygens (including phenoxy) is 2. The number of nitrogens with zero attached hydrogens (tertiary/aromatic N) is 3. The summed E-state index contributed by atoms with van der Waals surface area (Å²) in [5.74, 6) is 0.396. The van der Waals surface area contributed by atoms with Crippen LogP contribution in [0.5, 0.6) is 0 Å². The number of nitrogens with one attached hydrogen (secondary N) is 1. The lowest BCUT2D eigenvalue weighted by atomic mass is 10.4. The molecule has 0 radical (unpaired) electrons. The molecule has 18 heavy (non-hydrogen) atoms. The van der Waals surface area contributed by atoms with Crippen LogP contribution in [0.3, 0.4) is 0 Å². The highest BCUT2D eigenvalue weighted by atomic mass is 16.6. The molecule has 1 aromatic heterocycles. The van der Waals surface area contributed by atoms with Crippen LogP contribution in [-0.4, -0.2) is 48.2 Å². The molecule has 0 aliphatic heterocycles. The van der Waals surface area contributed by atoms with Gasteiger partial charge in [0.1, 0.15) is 5.69 Å². The van der Waals surface area contributed by atoms with Crippen molar-refractivity contribution in [3.63, 3.8) is 0 Å². The van der Waals surface area contributed by atoms with E-state index in [2.05, 4.69) is 10.4 Å². The van der Waals surface area contributed by atoms with Crippen molar-refractivity contribution in [1.82, 2.24) is 9.78 Å². The molecule has 0 atom stereocenters. The van der Waals surface area contributed by atoms with Crippen LogP contribution in [0.25, 0.3) is 0 Å². The third-order valence-electron chi connectivity index (χ3n) is 2.34. The standard InChI is InChI=1S/C10H18N4O4/c1-8-9(14(15)16)10(13(2)12-8)11-4-5-18-7-6-17-3/h11H,4-7H2,1-3H3. The fourth-order valence-corrected chi connectivity index (χ4v) is 1.55. The first-order chi connectivity index (χ1) is 8.57. The van der Waals surface area contributed by atoms with Crippen molar-refractivity contribution in [2.75, 3.05) is 38.8 Å². The first-order valence-electron chi connectivity index (χ1n) is 5.56. The zero-order valence-electron chi connectivity index (χ0n) is 10.8. The second kappa shape index (κ2) is 6.92. The Labute approximate surface area is 105 Å². The van der Waals surface area contributed by atoms with Crippen molar-refractivity contribution in [3.05, 3.63) is 15.8 Å². The number of hydrogen-bond donors (Lipinski definition) is 1. The molecule has 0 aromatic carbocycles. The van der Waals surface area contributed by atoms with Crippen molar-refractivity contribution in [2.45, 2.75) is 6.92 Å². The van der Waals surface area contributed by atoms with Gasteiger partial charge in [0.15, 0.2) is 0 Å². The molecular formula is C10H18N4O4. The maximum absolute atomic E-state index is 10.9. The molecule has 1 rings (SSSR count). The van der Waals surface area contributed by atoms with Gasteiger partial charge in [-0.05, 0) is 6.92 Å². The van der Waals surface area contributed by atoms with Crippen molar-refractivity contribution < 1.29 is 14.4 Å². The van der Waals surface area contributed by atoms with Crippen LogP contribution in [0.4, 0.5) is 11.5 Å². The van der Waals surface area contributed by atoms with Crippen molar-refractivity contribution in [3.8, 4) is 0 Å². The monoisotopic (exact) mass is 258 g/mol. The minimum Gasteiger partial charge on any atom is -0.382 e. The van der Waals surface area contributed by atoms with E-state index in [1.54, 1.807) is 21.1 Å². The zero-order valence-corrected chi connectivity index (χ0v) is 10.8. The van der Waals surface area contributed by atoms with Crippen LogP contribution < -0.4 is 5.32 Å². The Morgan fingerprint density at radius 1 is 1.44 bits per heavy atom. The van der Waals surface area contributed by atoms with Gasteiger partial charge in [-0.1, -0.05) is 0 Å². The van der Waals surface area contributed by atoms with E-state index in [1.165, 1.54) is 4.68 Å². The minimum absolute atomic E-state index is 0.00870. The summed E-state index contributed by atoms with van der Waals surface area (Å²) >= 11 is 0. The smallest absolute Gasteiger partial charge is 0.333 e. The Bertz CT molecular complexity index is 405. The third-order valence-corrected chi connectivity index (χ3v) is 2.34. The van der Waals surface area contributed by atoms with Gasteiger partial charge in [-0.15, -0.1) is 0 Å². The maximum Gasteiger partial charge on any atom is 0.333 e. The van der Waals surface area contributed by atoms with Crippen LogP contribution in [0, 0.1) is 17.0 Å². The number of hydrogen-bond acceptors (Lipinski definition) is 6. The molecule has 0 saturated carbocycles. The van der Waals surface area contributed by atoms with Gasteiger partial charge in [0.25, 0.3) is 0 Å². The van der Waals surface area contributed by atoms with E-state index >= 15 is 0 Å². The molecule has 0 bridgehead atoms.